The first-order valence-corrected chi connectivity index (χ1v) is 9.08. The number of primary amides is 1. The largest absolute Gasteiger partial charge is 0.483 e. The minimum Gasteiger partial charge on any atom is -0.483 e. The van der Waals surface area contributed by atoms with Gasteiger partial charge in [-0.2, -0.15) is 0 Å². The number of carbonyl (C=O) groups is 3. The molecule has 0 radical (unpaired) electrons. The summed E-state index contributed by atoms with van der Waals surface area (Å²) in [5.41, 5.74) is 7.75. The number of benzene rings is 1. The van der Waals surface area contributed by atoms with Gasteiger partial charge in [-0.25, -0.2) is 5.48 Å². The Morgan fingerprint density at radius 2 is 2.00 bits per heavy atom. The van der Waals surface area contributed by atoms with Crippen LogP contribution in [0, 0.1) is 5.92 Å². The molecule has 0 saturated heterocycles. The Hall–Kier alpha value is -2.45. The minimum atomic E-state index is -1.02. The summed E-state index contributed by atoms with van der Waals surface area (Å²) >= 11 is 1.40. The molecule has 0 fully saturated rings. The van der Waals surface area contributed by atoms with Crippen molar-refractivity contribution in [1.82, 2.24) is 5.48 Å². The van der Waals surface area contributed by atoms with Gasteiger partial charge in [0.2, 0.25) is 0 Å². The highest BCUT2D eigenvalue weighted by Gasteiger charge is 2.24. The van der Waals surface area contributed by atoms with Crippen LogP contribution in [0.4, 0.5) is 0 Å². The van der Waals surface area contributed by atoms with Crippen molar-refractivity contribution in [2.24, 2.45) is 11.7 Å². The number of hydroxylamine groups is 1. The Bertz CT molecular complexity index is 828. The second-order valence-corrected chi connectivity index (χ2v) is 7.23. The molecule has 26 heavy (non-hydrogen) atoms. The first-order valence-electron chi connectivity index (χ1n) is 8.27. The third-order valence-electron chi connectivity index (χ3n) is 3.48. The van der Waals surface area contributed by atoms with Crippen molar-refractivity contribution >= 4 is 39.0 Å². The zero-order chi connectivity index (χ0) is 19.3. The van der Waals surface area contributed by atoms with Gasteiger partial charge in [0.25, 0.3) is 17.6 Å². The fourth-order valence-corrected chi connectivity index (χ4v) is 3.52. The molecule has 1 aromatic heterocycles. The van der Waals surface area contributed by atoms with Gasteiger partial charge in [0.15, 0.2) is 6.61 Å². The molecule has 0 aliphatic carbocycles. The zero-order valence-corrected chi connectivity index (χ0v) is 15.8. The average molecular weight is 378 g/mol. The molecule has 0 aliphatic heterocycles. The van der Waals surface area contributed by atoms with Gasteiger partial charge in [-0.15, -0.1) is 11.3 Å². The van der Waals surface area contributed by atoms with Crippen LogP contribution < -0.4 is 16.0 Å². The van der Waals surface area contributed by atoms with E-state index in [9.17, 15) is 14.4 Å². The van der Waals surface area contributed by atoms with E-state index in [1.165, 1.54) is 11.3 Å². The molecular weight excluding hydrogens is 356 g/mol. The van der Waals surface area contributed by atoms with Crippen molar-refractivity contribution in [3.8, 4) is 5.75 Å². The van der Waals surface area contributed by atoms with E-state index >= 15 is 0 Å². The van der Waals surface area contributed by atoms with Gasteiger partial charge in [0, 0.05) is 15.0 Å². The second kappa shape index (κ2) is 8.77. The maximum atomic E-state index is 12.3. The average Bonchev–Trinajstić information content (AvgIpc) is 2.97. The van der Waals surface area contributed by atoms with Gasteiger partial charge >= 0.3 is 0 Å². The fourth-order valence-electron chi connectivity index (χ4n) is 2.36. The van der Waals surface area contributed by atoms with Crippen molar-refractivity contribution < 1.29 is 24.0 Å². The van der Waals surface area contributed by atoms with Crippen LogP contribution >= 0.6 is 11.3 Å². The Morgan fingerprint density at radius 1 is 1.27 bits per heavy atom. The smallest absolute Gasteiger partial charge is 0.289 e. The predicted octanol–water partition coefficient (Wildman–Crippen LogP) is 2.21. The Labute approximate surface area is 155 Å². The summed E-state index contributed by atoms with van der Waals surface area (Å²) in [6.45, 7) is 5.93. The summed E-state index contributed by atoms with van der Waals surface area (Å²) in [4.78, 5) is 41.3. The summed E-state index contributed by atoms with van der Waals surface area (Å²) in [6.07, 6.45) is 0.580. The van der Waals surface area contributed by atoms with Crippen molar-refractivity contribution in [2.75, 3.05) is 13.2 Å². The zero-order valence-electron chi connectivity index (χ0n) is 15.0. The van der Waals surface area contributed by atoms with E-state index in [1.54, 1.807) is 12.1 Å². The molecule has 1 heterocycles. The SMILES string of the molecule is CCc1sc2cccc(OCC(=O)NOCC(C)C)c2c1C(=O)C(N)=O. The van der Waals surface area contributed by atoms with Gasteiger partial charge < -0.3 is 10.5 Å². The number of nitrogens with one attached hydrogen (secondary N) is 1. The van der Waals surface area contributed by atoms with Gasteiger partial charge in [-0.1, -0.05) is 26.8 Å². The molecule has 0 spiro atoms. The Kier molecular flexibility index (Phi) is 6.70. The summed E-state index contributed by atoms with van der Waals surface area (Å²) in [5, 5.41) is 0.508. The molecule has 1 aromatic carbocycles. The number of ketones is 1. The molecule has 0 aliphatic rings. The lowest BCUT2D eigenvalue weighted by atomic mass is 10.0. The van der Waals surface area contributed by atoms with Crippen LogP contribution in [0.5, 0.6) is 5.75 Å². The van der Waals surface area contributed by atoms with E-state index in [0.29, 0.717) is 24.2 Å². The van der Waals surface area contributed by atoms with E-state index in [0.717, 1.165) is 9.58 Å². The Balaban J connectivity index is 2.25. The number of carbonyl (C=O) groups excluding carboxylic acids is 3. The number of fused-ring (bicyclic) bond motifs is 1. The number of amides is 2. The maximum absolute atomic E-state index is 12.3. The number of hydrogen-bond donors (Lipinski definition) is 2. The predicted molar refractivity (Wildman–Crippen MR) is 99.2 cm³/mol. The van der Waals surface area contributed by atoms with E-state index in [1.807, 2.05) is 26.8 Å². The summed E-state index contributed by atoms with van der Waals surface area (Å²) < 4.78 is 6.37. The molecule has 2 aromatic rings. The van der Waals surface area contributed by atoms with Gasteiger partial charge in [-0.3, -0.25) is 19.2 Å². The molecule has 7 nitrogen and oxygen atoms in total. The number of hydrogen-bond acceptors (Lipinski definition) is 6. The summed E-state index contributed by atoms with van der Waals surface area (Å²) in [7, 11) is 0. The third-order valence-corrected chi connectivity index (χ3v) is 4.78. The van der Waals surface area contributed by atoms with Crippen molar-refractivity contribution in [2.45, 2.75) is 27.2 Å². The molecule has 0 bridgehead atoms. The highest BCUT2D eigenvalue weighted by atomic mass is 32.1. The second-order valence-electron chi connectivity index (χ2n) is 6.10. The van der Waals surface area contributed by atoms with Crippen LogP contribution in [0.1, 0.15) is 36.0 Å². The van der Waals surface area contributed by atoms with E-state index in [-0.39, 0.29) is 18.1 Å². The lowest BCUT2D eigenvalue weighted by molar-refractivity contribution is -0.136. The highest BCUT2D eigenvalue weighted by Crippen LogP contribution is 2.38. The quantitative estimate of drug-likeness (QED) is 0.395. The molecule has 8 heteroatoms. The lowest BCUT2D eigenvalue weighted by Gasteiger charge is -2.10. The highest BCUT2D eigenvalue weighted by molar-refractivity contribution is 7.19. The van der Waals surface area contributed by atoms with Crippen LogP contribution in [0.2, 0.25) is 0 Å². The van der Waals surface area contributed by atoms with Crippen LogP contribution in [0.15, 0.2) is 18.2 Å². The van der Waals surface area contributed by atoms with Gasteiger partial charge in [0.05, 0.1) is 12.2 Å². The molecule has 0 unspecified atom stereocenters. The molecule has 140 valence electrons. The van der Waals surface area contributed by atoms with Crippen LogP contribution in [-0.4, -0.2) is 30.8 Å². The molecule has 3 N–H and O–H groups in total. The number of aryl methyl sites for hydroxylation is 1. The van der Waals surface area contributed by atoms with Crippen LogP contribution in [0.3, 0.4) is 0 Å². The lowest BCUT2D eigenvalue weighted by Crippen LogP contribution is -2.30. The monoisotopic (exact) mass is 378 g/mol. The number of Topliss-reactive ketones (excluding diaryl/α,β-unsaturated/α-hetero) is 1. The Morgan fingerprint density at radius 3 is 2.62 bits per heavy atom. The van der Waals surface area contributed by atoms with Gasteiger partial charge in [0.1, 0.15) is 5.75 Å². The number of thiophene rings is 1. The van der Waals surface area contributed by atoms with Crippen molar-refractivity contribution in [3.63, 3.8) is 0 Å². The third kappa shape index (κ3) is 4.59. The minimum absolute atomic E-state index is 0.257. The molecular formula is C18H22N2O5S. The molecule has 0 saturated carbocycles. The summed E-state index contributed by atoms with van der Waals surface area (Å²) in [6, 6.07) is 5.24. The maximum Gasteiger partial charge on any atom is 0.289 e. The molecule has 2 amide bonds. The van der Waals surface area contributed by atoms with E-state index in [4.69, 9.17) is 15.3 Å². The van der Waals surface area contributed by atoms with Gasteiger partial charge in [-0.05, 0) is 24.5 Å². The molecule has 0 atom stereocenters. The number of rotatable bonds is 9. The first kappa shape index (κ1) is 19.9. The van der Waals surface area contributed by atoms with Crippen LogP contribution in [0.25, 0.3) is 10.1 Å². The van der Waals surface area contributed by atoms with Crippen molar-refractivity contribution in [1.29, 1.82) is 0 Å². The topological polar surface area (TPSA) is 108 Å². The standard InChI is InChI=1S/C18H22N2O5S/c1-4-12-16(17(22)18(19)23)15-11(6-5-7-13(15)26-12)24-9-14(21)20-25-8-10(2)3/h5-7,10H,4,8-9H2,1-3H3,(H2,19,23)(H,20,21). The number of nitrogens with two attached hydrogens (primary N) is 1. The van der Waals surface area contributed by atoms with E-state index < -0.39 is 17.6 Å². The number of ether oxygens (including phenoxy) is 1. The fraction of sp³-hybridized carbons (Fsp3) is 0.389. The normalized spacial score (nSPS) is 10.9. The first-order chi connectivity index (χ1) is 12.3. The summed E-state index contributed by atoms with van der Waals surface area (Å²) in [5.74, 6) is -1.59. The van der Waals surface area contributed by atoms with Crippen molar-refractivity contribution in [3.05, 3.63) is 28.6 Å². The molecule has 2 rings (SSSR count). The van der Waals surface area contributed by atoms with Crippen LogP contribution in [-0.2, 0) is 20.8 Å². The van der Waals surface area contributed by atoms with E-state index in [2.05, 4.69) is 5.48 Å².